The lowest BCUT2D eigenvalue weighted by atomic mass is 9.93. The number of fused-ring (bicyclic) bond motifs is 2. The number of rotatable bonds is 8. The molecule has 0 bridgehead atoms. The third-order valence-corrected chi connectivity index (χ3v) is 5.81. The maximum Gasteiger partial charge on any atom is 0.188 e. The molecular formula is C25H25O4P. The first-order valence-electron chi connectivity index (χ1n) is 9.77. The Balaban J connectivity index is 1.95. The van der Waals surface area contributed by atoms with Gasteiger partial charge >= 0.3 is 0 Å². The van der Waals surface area contributed by atoms with E-state index in [0.29, 0.717) is 0 Å². The Labute approximate surface area is 178 Å². The van der Waals surface area contributed by atoms with Crippen molar-refractivity contribution >= 4 is 30.8 Å². The van der Waals surface area contributed by atoms with Crippen molar-refractivity contribution in [2.24, 2.45) is 0 Å². The van der Waals surface area contributed by atoms with Gasteiger partial charge in [-0.25, -0.2) is 0 Å². The molecule has 4 aromatic rings. The smallest absolute Gasteiger partial charge is 0.188 e. The van der Waals surface area contributed by atoms with E-state index < -0.39 is 0 Å². The highest BCUT2D eigenvalue weighted by Gasteiger charge is 2.23. The van der Waals surface area contributed by atoms with Gasteiger partial charge in [-0.05, 0) is 33.7 Å². The summed E-state index contributed by atoms with van der Waals surface area (Å²) in [5.74, 6) is 1.59. The van der Waals surface area contributed by atoms with Gasteiger partial charge in [-0.3, -0.25) is 0 Å². The van der Waals surface area contributed by atoms with Crippen molar-refractivity contribution in [1.82, 2.24) is 0 Å². The summed E-state index contributed by atoms with van der Waals surface area (Å²) in [5, 5.41) is 4.59. The molecule has 154 valence electrons. The fourth-order valence-electron chi connectivity index (χ4n) is 3.83. The van der Waals surface area contributed by atoms with Gasteiger partial charge in [0.25, 0.3) is 0 Å². The Morgan fingerprint density at radius 1 is 0.633 bits per heavy atom. The highest BCUT2D eigenvalue weighted by atomic mass is 31.0. The van der Waals surface area contributed by atoms with Crippen LogP contribution < -0.4 is 9.47 Å². The molecular weight excluding hydrogens is 395 g/mol. The second-order valence-corrected chi connectivity index (χ2v) is 7.64. The van der Waals surface area contributed by atoms with E-state index in [2.05, 4.69) is 57.8 Å². The van der Waals surface area contributed by atoms with Crippen LogP contribution in [0.15, 0.2) is 72.8 Å². The lowest BCUT2D eigenvalue weighted by Gasteiger charge is -2.23. The normalized spacial score (nSPS) is 11.3. The molecule has 1 unspecified atom stereocenters. The van der Waals surface area contributed by atoms with E-state index in [-0.39, 0.29) is 19.2 Å². The summed E-state index contributed by atoms with van der Waals surface area (Å²) in [5.41, 5.74) is 2.09. The van der Waals surface area contributed by atoms with Crippen LogP contribution in [0.5, 0.6) is 11.5 Å². The van der Waals surface area contributed by atoms with Gasteiger partial charge in [-0.1, -0.05) is 60.7 Å². The van der Waals surface area contributed by atoms with Gasteiger partial charge in [0, 0.05) is 31.0 Å². The first-order chi connectivity index (χ1) is 14.7. The zero-order valence-corrected chi connectivity index (χ0v) is 18.3. The molecule has 5 heteroatoms. The Hall–Kier alpha value is -2.65. The molecule has 1 atom stereocenters. The summed E-state index contributed by atoms with van der Waals surface area (Å²) in [6.07, 6.45) is 0. The molecule has 0 aromatic heterocycles. The zero-order chi connectivity index (χ0) is 20.9. The van der Waals surface area contributed by atoms with Crippen LogP contribution in [-0.4, -0.2) is 27.8 Å². The van der Waals surface area contributed by atoms with Crippen LogP contribution in [0.2, 0.25) is 0 Å². The number of hydrogen-bond donors (Lipinski definition) is 0. The molecule has 0 aliphatic carbocycles. The van der Waals surface area contributed by atoms with E-state index in [4.69, 9.17) is 18.9 Å². The van der Waals surface area contributed by atoms with Gasteiger partial charge in [0.1, 0.15) is 11.5 Å². The minimum absolute atomic E-state index is 0.0686. The number of ether oxygens (including phenoxy) is 4. The topological polar surface area (TPSA) is 36.9 Å². The number of methoxy groups -OCH3 is 2. The molecule has 0 aliphatic rings. The lowest BCUT2D eigenvalue weighted by Crippen LogP contribution is -2.07. The summed E-state index contributed by atoms with van der Waals surface area (Å²) in [6.45, 7) is 0.372. The average molecular weight is 420 g/mol. The molecule has 0 heterocycles. The van der Waals surface area contributed by atoms with E-state index in [1.165, 1.54) is 0 Å². The lowest BCUT2D eigenvalue weighted by molar-refractivity contribution is 0.0499. The second kappa shape index (κ2) is 9.44. The van der Waals surface area contributed by atoms with Gasteiger partial charge < -0.3 is 18.9 Å². The fraction of sp³-hybridized carbons (Fsp3) is 0.200. The summed E-state index contributed by atoms with van der Waals surface area (Å²) in [4.78, 5) is 0. The van der Waals surface area contributed by atoms with Gasteiger partial charge in [0.2, 0.25) is 0 Å². The van der Waals surface area contributed by atoms with Crippen LogP contribution in [-0.2, 0) is 9.47 Å². The van der Waals surface area contributed by atoms with Crippen molar-refractivity contribution < 1.29 is 18.9 Å². The number of benzene rings is 4. The van der Waals surface area contributed by atoms with Crippen molar-refractivity contribution in [3.63, 3.8) is 0 Å². The molecule has 0 spiro atoms. The molecule has 4 nitrogen and oxygen atoms in total. The summed E-state index contributed by atoms with van der Waals surface area (Å²) < 4.78 is 22.3. The third kappa shape index (κ3) is 3.99. The minimum Gasteiger partial charge on any atom is -0.467 e. The van der Waals surface area contributed by atoms with E-state index in [1.54, 1.807) is 14.2 Å². The highest BCUT2D eigenvalue weighted by molar-refractivity contribution is 7.17. The van der Waals surface area contributed by atoms with E-state index in [9.17, 15) is 0 Å². The number of hydrogen-bond acceptors (Lipinski definition) is 4. The molecule has 0 N–H and O–H groups in total. The van der Waals surface area contributed by atoms with Crippen LogP contribution >= 0.6 is 9.24 Å². The Morgan fingerprint density at radius 3 is 1.50 bits per heavy atom. The summed E-state index contributed by atoms with van der Waals surface area (Å²) in [7, 11) is 6.24. The van der Waals surface area contributed by atoms with Crippen LogP contribution in [0.4, 0.5) is 0 Å². The fourth-order valence-corrected chi connectivity index (χ4v) is 4.52. The maximum atomic E-state index is 5.97. The van der Waals surface area contributed by atoms with Crippen molar-refractivity contribution in [3.8, 4) is 11.5 Å². The quantitative estimate of drug-likeness (QED) is 0.262. The van der Waals surface area contributed by atoms with Gasteiger partial charge in [0.05, 0.1) is 0 Å². The van der Waals surface area contributed by atoms with E-state index >= 15 is 0 Å². The predicted octanol–water partition coefficient (Wildman–Crippen LogP) is 5.92. The SMILES string of the molecule is COCOc1ccc2ccccc2c1C(P)c1c(OCOC)ccc2ccccc12. The molecule has 0 aliphatic heterocycles. The molecule has 0 saturated carbocycles. The molecule has 0 saturated heterocycles. The van der Waals surface area contributed by atoms with Gasteiger partial charge in [-0.15, -0.1) is 9.24 Å². The summed E-state index contributed by atoms with van der Waals surface area (Å²) >= 11 is 0. The monoisotopic (exact) mass is 420 g/mol. The molecule has 30 heavy (non-hydrogen) atoms. The van der Waals surface area contributed by atoms with E-state index in [1.807, 2.05) is 24.3 Å². The molecule has 0 amide bonds. The molecule has 0 fully saturated rings. The Bertz CT molecular complexity index is 1070. The van der Waals surface area contributed by atoms with Crippen molar-refractivity contribution in [3.05, 3.63) is 83.9 Å². The van der Waals surface area contributed by atoms with Crippen LogP contribution in [0, 0.1) is 0 Å². The van der Waals surface area contributed by atoms with Crippen molar-refractivity contribution in [1.29, 1.82) is 0 Å². The first kappa shape index (κ1) is 20.6. The summed E-state index contributed by atoms with van der Waals surface area (Å²) in [6, 6.07) is 24.8. The van der Waals surface area contributed by atoms with Crippen LogP contribution in [0.25, 0.3) is 21.5 Å². The molecule has 4 aromatic carbocycles. The predicted molar refractivity (Wildman–Crippen MR) is 124 cm³/mol. The minimum atomic E-state index is -0.0686. The Morgan fingerprint density at radius 2 is 1.07 bits per heavy atom. The molecule has 0 radical (unpaired) electrons. The van der Waals surface area contributed by atoms with Crippen LogP contribution in [0.3, 0.4) is 0 Å². The largest absolute Gasteiger partial charge is 0.467 e. The maximum absolute atomic E-state index is 5.97. The standard InChI is InChI=1S/C25H25O4P/c1-26-15-28-21-13-11-17-7-3-5-9-19(17)23(21)25(30)24-20-10-6-4-8-18(20)12-14-22(24)29-16-27-2/h3-14,25H,15-16,30H2,1-2H3. The third-order valence-electron chi connectivity index (χ3n) is 5.15. The molecule has 4 rings (SSSR count). The average Bonchev–Trinajstić information content (AvgIpc) is 2.80. The second-order valence-electron chi connectivity index (χ2n) is 6.98. The Kier molecular flexibility index (Phi) is 6.49. The van der Waals surface area contributed by atoms with E-state index in [0.717, 1.165) is 44.2 Å². The van der Waals surface area contributed by atoms with Gasteiger partial charge in [0.15, 0.2) is 13.6 Å². The highest BCUT2D eigenvalue weighted by Crippen LogP contribution is 2.47. The first-order valence-corrected chi connectivity index (χ1v) is 10.4. The van der Waals surface area contributed by atoms with Crippen molar-refractivity contribution in [2.45, 2.75) is 5.66 Å². The van der Waals surface area contributed by atoms with Gasteiger partial charge in [-0.2, -0.15) is 0 Å². The van der Waals surface area contributed by atoms with Crippen LogP contribution in [0.1, 0.15) is 16.8 Å². The van der Waals surface area contributed by atoms with Crippen molar-refractivity contribution in [2.75, 3.05) is 27.8 Å². The zero-order valence-electron chi connectivity index (χ0n) is 17.1.